The van der Waals surface area contributed by atoms with Crippen LogP contribution >= 0.6 is 0 Å². The van der Waals surface area contributed by atoms with Crippen molar-refractivity contribution in [3.05, 3.63) is 47.9 Å². The van der Waals surface area contributed by atoms with Crippen LogP contribution in [0.2, 0.25) is 0 Å². The van der Waals surface area contributed by atoms with Crippen molar-refractivity contribution in [3.8, 4) is 5.75 Å². The summed E-state index contributed by atoms with van der Waals surface area (Å²) in [5, 5.41) is 0. The summed E-state index contributed by atoms with van der Waals surface area (Å²) in [4.78, 5) is 0. The topological polar surface area (TPSA) is 61.3 Å². The highest BCUT2D eigenvalue weighted by Crippen LogP contribution is 2.25. The molecule has 0 aliphatic rings. The van der Waals surface area contributed by atoms with Crippen molar-refractivity contribution in [3.63, 3.8) is 0 Å². The summed E-state index contributed by atoms with van der Waals surface area (Å²) in [5.41, 5.74) is 13.7. The summed E-state index contributed by atoms with van der Waals surface area (Å²) in [6.45, 7) is 7.58. The van der Waals surface area contributed by atoms with Crippen LogP contribution in [0.15, 0.2) is 36.7 Å². The molecule has 3 nitrogen and oxygen atoms in total. The molecular weight excluding hydrogens is 188 g/mol. The number of benzene rings is 1. The molecule has 0 unspecified atom stereocenters. The van der Waals surface area contributed by atoms with E-state index in [0.717, 1.165) is 22.6 Å². The summed E-state index contributed by atoms with van der Waals surface area (Å²) in [6.07, 6.45) is 2.99. The predicted molar refractivity (Wildman–Crippen MR) is 63.4 cm³/mol. The number of nitrogen functional groups attached to an aromatic ring is 1. The van der Waals surface area contributed by atoms with E-state index in [9.17, 15) is 0 Å². The first-order valence-corrected chi connectivity index (χ1v) is 4.66. The summed E-state index contributed by atoms with van der Waals surface area (Å²) in [6, 6.07) is 3.77. The lowest BCUT2D eigenvalue weighted by Crippen LogP contribution is -1.97. The highest BCUT2D eigenvalue weighted by molar-refractivity contribution is 5.54. The van der Waals surface area contributed by atoms with Gasteiger partial charge in [-0.15, -0.1) is 0 Å². The van der Waals surface area contributed by atoms with Crippen LogP contribution in [-0.4, -0.2) is 0 Å². The Morgan fingerprint density at radius 3 is 2.60 bits per heavy atom. The quantitative estimate of drug-likeness (QED) is 0.451. The molecule has 0 aromatic heterocycles. The molecule has 0 atom stereocenters. The number of nitrogens with two attached hydrogens (primary N) is 2. The van der Waals surface area contributed by atoms with Gasteiger partial charge in [0.15, 0.2) is 0 Å². The second-order valence-corrected chi connectivity index (χ2v) is 3.40. The molecule has 3 heteroatoms. The van der Waals surface area contributed by atoms with E-state index in [1.54, 1.807) is 6.08 Å². The standard InChI is InChI=1S/C12H16N2O/c1-8-7-12(9(2)6-11(8)14)15-10(3)4-5-13/h4-7H,3,13-14H2,1-2H3. The van der Waals surface area contributed by atoms with Crippen LogP contribution in [0, 0.1) is 13.8 Å². The maximum atomic E-state index is 5.77. The molecule has 1 aromatic carbocycles. The number of allylic oxidation sites excluding steroid dienone is 1. The van der Waals surface area contributed by atoms with E-state index in [4.69, 9.17) is 16.2 Å². The van der Waals surface area contributed by atoms with Gasteiger partial charge in [-0.05, 0) is 49.4 Å². The molecule has 80 valence electrons. The Kier molecular flexibility index (Phi) is 3.39. The number of hydrogen-bond donors (Lipinski definition) is 2. The third-order valence-corrected chi connectivity index (χ3v) is 2.09. The van der Waals surface area contributed by atoms with Crippen molar-refractivity contribution in [1.29, 1.82) is 0 Å². The van der Waals surface area contributed by atoms with Gasteiger partial charge in [-0.2, -0.15) is 0 Å². The van der Waals surface area contributed by atoms with Gasteiger partial charge in [0.25, 0.3) is 0 Å². The van der Waals surface area contributed by atoms with Crippen molar-refractivity contribution >= 4 is 5.69 Å². The van der Waals surface area contributed by atoms with E-state index in [-0.39, 0.29) is 0 Å². The molecule has 0 heterocycles. The van der Waals surface area contributed by atoms with Gasteiger partial charge in [-0.3, -0.25) is 0 Å². The van der Waals surface area contributed by atoms with Crippen molar-refractivity contribution in [2.45, 2.75) is 13.8 Å². The minimum Gasteiger partial charge on any atom is -0.458 e. The van der Waals surface area contributed by atoms with Gasteiger partial charge in [0.2, 0.25) is 0 Å². The van der Waals surface area contributed by atoms with Gasteiger partial charge in [0, 0.05) is 5.69 Å². The van der Waals surface area contributed by atoms with Crippen molar-refractivity contribution in [2.75, 3.05) is 5.73 Å². The second kappa shape index (κ2) is 4.55. The van der Waals surface area contributed by atoms with Gasteiger partial charge < -0.3 is 16.2 Å². The fraction of sp³-hybridized carbons (Fsp3) is 0.167. The predicted octanol–water partition coefficient (Wildman–Crippen LogP) is 2.25. The maximum absolute atomic E-state index is 5.77. The van der Waals surface area contributed by atoms with E-state index in [1.807, 2.05) is 26.0 Å². The van der Waals surface area contributed by atoms with Gasteiger partial charge in [-0.25, -0.2) is 0 Å². The first-order chi connectivity index (χ1) is 7.04. The Morgan fingerprint density at radius 2 is 2.00 bits per heavy atom. The summed E-state index contributed by atoms with van der Waals surface area (Å²) in [5.74, 6) is 1.26. The lowest BCUT2D eigenvalue weighted by molar-refractivity contribution is 0.443. The first-order valence-electron chi connectivity index (χ1n) is 4.66. The van der Waals surface area contributed by atoms with E-state index in [1.165, 1.54) is 6.20 Å². The molecule has 0 aliphatic heterocycles. The highest BCUT2D eigenvalue weighted by atomic mass is 16.5. The van der Waals surface area contributed by atoms with Crippen LogP contribution in [0.25, 0.3) is 0 Å². The zero-order valence-corrected chi connectivity index (χ0v) is 9.08. The summed E-state index contributed by atoms with van der Waals surface area (Å²) in [7, 11) is 0. The molecule has 4 N–H and O–H groups in total. The summed E-state index contributed by atoms with van der Waals surface area (Å²) < 4.78 is 5.50. The number of anilines is 1. The van der Waals surface area contributed by atoms with Crippen molar-refractivity contribution in [1.82, 2.24) is 0 Å². The SMILES string of the molecule is C=C(C=CN)Oc1cc(C)c(N)cc1C. The molecule has 15 heavy (non-hydrogen) atoms. The lowest BCUT2D eigenvalue weighted by atomic mass is 10.1. The molecule has 0 saturated heterocycles. The lowest BCUT2D eigenvalue weighted by Gasteiger charge is -2.10. The number of hydrogen-bond acceptors (Lipinski definition) is 3. The van der Waals surface area contributed by atoms with Gasteiger partial charge in [-0.1, -0.05) is 6.58 Å². The number of rotatable bonds is 3. The van der Waals surface area contributed by atoms with Gasteiger partial charge >= 0.3 is 0 Å². The molecule has 0 aliphatic carbocycles. The minimum absolute atomic E-state index is 0.504. The average Bonchev–Trinajstić information content (AvgIpc) is 2.14. The van der Waals surface area contributed by atoms with Crippen LogP contribution in [0.1, 0.15) is 11.1 Å². The molecular formula is C12H16N2O. The molecule has 0 fully saturated rings. The van der Waals surface area contributed by atoms with Crippen LogP contribution in [-0.2, 0) is 0 Å². The van der Waals surface area contributed by atoms with Crippen molar-refractivity contribution in [2.24, 2.45) is 5.73 Å². The van der Waals surface area contributed by atoms with Gasteiger partial charge in [0.1, 0.15) is 11.5 Å². The average molecular weight is 204 g/mol. The second-order valence-electron chi connectivity index (χ2n) is 3.40. The smallest absolute Gasteiger partial charge is 0.130 e. The van der Waals surface area contributed by atoms with E-state index < -0.39 is 0 Å². The molecule has 1 aromatic rings. The Morgan fingerprint density at radius 1 is 1.33 bits per heavy atom. The molecule has 1 rings (SSSR count). The summed E-state index contributed by atoms with van der Waals surface area (Å²) >= 11 is 0. The van der Waals surface area contributed by atoms with E-state index in [2.05, 4.69) is 6.58 Å². The van der Waals surface area contributed by atoms with Crippen LogP contribution in [0.4, 0.5) is 5.69 Å². The third kappa shape index (κ3) is 2.77. The first kappa shape index (κ1) is 11.2. The van der Waals surface area contributed by atoms with Crippen LogP contribution in [0.3, 0.4) is 0 Å². The molecule has 0 spiro atoms. The largest absolute Gasteiger partial charge is 0.458 e. The Balaban J connectivity index is 2.95. The molecule has 0 bridgehead atoms. The van der Waals surface area contributed by atoms with Gasteiger partial charge in [0.05, 0.1) is 0 Å². The Hall–Kier alpha value is -1.90. The normalized spacial score (nSPS) is 10.5. The third-order valence-electron chi connectivity index (χ3n) is 2.09. The number of ether oxygens (including phenoxy) is 1. The number of aryl methyl sites for hydroxylation is 2. The fourth-order valence-electron chi connectivity index (χ4n) is 1.20. The van der Waals surface area contributed by atoms with Crippen molar-refractivity contribution < 1.29 is 4.74 Å². The van der Waals surface area contributed by atoms with E-state index >= 15 is 0 Å². The van der Waals surface area contributed by atoms with Crippen LogP contribution in [0.5, 0.6) is 5.75 Å². The zero-order valence-electron chi connectivity index (χ0n) is 9.08. The molecule has 0 saturated carbocycles. The maximum Gasteiger partial charge on any atom is 0.130 e. The minimum atomic E-state index is 0.504. The monoisotopic (exact) mass is 204 g/mol. The fourth-order valence-corrected chi connectivity index (χ4v) is 1.20. The molecule has 0 radical (unpaired) electrons. The van der Waals surface area contributed by atoms with Crippen LogP contribution < -0.4 is 16.2 Å². The zero-order chi connectivity index (χ0) is 11.4. The molecule has 0 amide bonds. The van der Waals surface area contributed by atoms with E-state index in [0.29, 0.717) is 5.76 Å². The highest BCUT2D eigenvalue weighted by Gasteiger charge is 2.03. The Bertz CT molecular complexity index is 408. The Labute approximate surface area is 90.0 Å².